The van der Waals surface area contributed by atoms with E-state index in [0.29, 0.717) is 18.8 Å². The molecule has 1 spiro atoms. The smallest absolute Gasteiger partial charge is 0.223 e. The lowest BCUT2D eigenvalue weighted by Gasteiger charge is -2.45. The van der Waals surface area contributed by atoms with Crippen LogP contribution in [0.5, 0.6) is 0 Å². The molecule has 0 N–H and O–H groups in total. The van der Waals surface area contributed by atoms with E-state index in [2.05, 4.69) is 41.2 Å². The van der Waals surface area contributed by atoms with Crippen LogP contribution in [0.2, 0.25) is 0 Å². The Hall–Kier alpha value is -2.56. The maximum atomic E-state index is 13.4. The van der Waals surface area contributed by atoms with E-state index in [4.69, 9.17) is 4.42 Å². The van der Waals surface area contributed by atoms with Gasteiger partial charge in [0.2, 0.25) is 11.8 Å². The van der Waals surface area contributed by atoms with E-state index >= 15 is 0 Å². The van der Waals surface area contributed by atoms with Gasteiger partial charge in [0.05, 0.1) is 12.1 Å². The van der Waals surface area contributed by atoms with E-state index in [9.17, 15) is 9.59 Å². The van der Waals surface area contributed by atoms with Crippen molar-refractivity contribution in [2.45, 2.75) is 82.2 Å². The molecule has 33 heavy (non-hydrogen) atoms. The fraction of sp³-hybridized carbons (Fsp3) is 0.571. The first-order valence-electron chi connectivity index (χ1n) is 12.7. The van der Waals surface area contributed by atoms with E-state index in [1.807, 2.05) is 12.2 Å². The molecule has 176 valence electrons. The van der Waals surface area contributed by atoms with Crippen molar-refractivity contribution in [1.29, 1.82) is 0 Å². The average Bonchev–Trinajstić information content (AvgIpc) is 3.41. The molecule has 0 bridgehead atoms. The van der Waals surface area contributed by atoms with Gasteiger partial charge in [-0.2, -0.15) is 0 Å². The second-order valence-corrected chi connectivity index (χ2v) is 10.2. The molecule has 0 radical (unpaired) electrons. The molecule has 1 aliphatic carbocycles. The number of amides is 2. The van der Waals surface area contributed by atoms with Gasteiger partial charge in [-0.1, -0.05) is 24.3 Å². The molecule has 0 saturated carbocycles. The molecule has 1 aromatic rings. The zero-order valence-corrected chi connectivity index (χ0v) is 19.6. The van der Waals surface area contributed by atoms with Gasteiger partial charge in [-0.05, 0) is 62.5 Å². The molecule has 5 rings (SSSR count). The van der Waals surface area contributed by atoms with Gasteiger partial charge in [-0.3, -0.25) is 9.59 Å². The lowest BCUT2D eigenvalue weighted by molar-refractivity contribution is -0.138. The third kappa shape index (κ3) is 3.70. The zero-order chi connectivity index (χ0) is 23.0. The minimum Gasteiger partial charge on any atom is -0.464 e. The summed E-state index contributed by atoms with van der Waals surface area (Å²) >= 11 is 0. The minimum absolute atomic E-state index is 0.0704. The molecule has 4 heterocycles. The number of likely N-dealkylation sites (tertiary alicyclic amines) is 1. The van der Waals surface area contributed by atoms with Crippen LogP contribution in [-0.4, -0.2) is 40.7 Å². The summed E-state index contributed by atoms with van der Waals surface area (Å²) in [6.07, 6.45) is 16.6. The number of furan rings is 1. The number of nitrogens with zero attached hydrogens (tertiary/aromatic N) is 2. The summed E-state index contributed by atoms with van der Waals surface area (Å²) in [6, 6.07) is 2.26. The molecule has 1 unspecified atom stereocenters. The van der Waals surface area contributed by atoms with Crippen LogP contribution in [-0.2, 0) is 16.0 Å². The molecular formula is C28H36N2O3. The Kier molecular flexibility index (Phi) is 6.07. The summed E-state index contributed by atoms with van der Waals surface area (Å²) in [5, 5.41) is 0. The van der Waals surface area contributed by atoms with Gasteiger partial charge in [0.25, 0.3) is 0 Å². The lowest BCUT2D eigenvalue weighted by atomic mass is 9.68. The molecule has 4 aliphatic rings. The summed E-state index contributed by atoms with van der Waals surface area (Å²) in [4.78, 5) is 30.7. The van der Waals surface area contributed by atoms with Crippen molar-refractivity contribution >= 4 is 11.8 Å². The number of aryl methyl sites for hydroxylation is 1. The van der Waals surface area contributed by atoms with Crippen LogP contribution >= 0.6 is 0 Å². The van der Waals surface area contributed by atoms with Crippen molar-refractivity contribution in [3.05, 3.63) is 60.6 Å². The lowest BCUT2D eigenvalue weighted by Crippen LogP contribution is -2.50. The Balaban J connectivity index is 1.51. The van der Waals surface area contributed by atoms with Crippen LogP contribution in [0.3, 0.4) is 0 Å². The fourth-order valence-corrected chi connectivity index (χ4v) is 6.86. The largest absolute Gasteiger partial charge is 0.464 e. The Morgan fingerprint density at radius 1 is 1.27 bits per heavy atom. The predicted octanol–water partition coefficient (Wildman–Crippen LogP) is 5.45. The van der Waals surface area contributed by atoms with Gasteiger partial charge in [0.15, 0.2) is 0 Å². The van der Waals surface area contributed by atoms with Gasteiger partial charge in [0.1, 0.15) is 11.5 Å². The van der Waals surface area contributed by atoms with Crippen LogP contribution in [0.15, 0.2) is 47.9 Å². The van der Waals surface area contributed by atoms with Crippen LogP contribution < -0.4 is 0 Å². The van der Waals surface area contributed by atoms with Gasteiger partial charge in [-0.25, -0.2) is 0 Å². The Morgan fingerprint density at radius 2 is 2.12 bits per heavy atom. The van der Waals surface area contributed by atoms with Crippen LogP contribution in [0, 0.1) is 5.41 Å². The molecule has 1 aromatic heterocycles. The highest BCUT2D eigenvalue weighted by Crippen LogP contribution is 2.67. The molecule has 3 aliphatic heterocycles. The number of unbranched alkanes of at least 4 members (excludes halogenated alkanes) is 1. The highest BCUT2D eigenvalue weighted by molar-refractivity contribution is 5.79. The van der Waals surface area contributed by atoms with Crippen molar-refractivity contribution in [3.8, 4) is 0 Å². The van der Waals surface area contributed by atoms with Crippen molar-refractivity contribution in [2.24, 2.45) is 5.41 Å². The monoisotopic (exact) mass is 448 g/mol. The fourth-order valence-electron chi connectivity index (χ4n) is 6.86. The van der Waals surface area contributed by atoms with E-state index in [0.717, 1.165) is 76.0 Å². The van der Waals surface area contributed by atoms with Crippen molar-refractivity contribution in [2.75, 3.05) is 13.1 Å². The molecule has 5 heteroatoms. The average molecular weight is 449 g/mol. The number of hydrogen-bond acceptors (Lipinski definition) is 3. The Bertz CT molecular complexity index is 976. The number of hydrogen-bond donors (Lipinski definition) is 0. The second-order valence-electron chi connectivity index (χ2n) is 10.2. The topological polar surface area (TPSA) is 53.8 Å². The Labute approximate surface area is 197 Å². The molecule has 2 amide bonds. The summed E-state index contributed by atoms with van der Waals surface area (Å²) < 4.78 is 6.49. The maximum absolute atomic E-state index is 13.4. The minimum atomic E-state index is -0.146. The van der Waals surface area contributed by atoms with Gasteiger partial charge < -0.3 is 14.2 Å². The first kappa shape index (κ1) is 22.2. The molecule has 4 atom stereocenters. The Morgan fingerprint density at radius 3 is 2.94 bits per heavy atom. The number of carbonyl (C=O) groups is 2. The summed E-state index contributed by atoms with van der Waals surface area (Å²) in [7, 11) is 0. The molecule has 0 aromatic carbocycles. The number of piperidine rings is 1. The molecule has 2 saturated heterocycles. The van der Waals surface area contributed by atoms with Crippen molar-refractivity contribution in [3.63, 3.8) is 0 Å². The molecule has 5 nitrogen and oxygen atoms in total. The number of rotatable bonds is 7. The summed E-state index contributed by atoms with van der Waals surface area (Å²) in [6.45, 7) is 9.13. The summed E-state index contributed by atoms with van der Waals surface area (Å²) in [5.41, 5.74) is 1.14. The van der Waals surface area contributed by atoms with Gasteiger partial charge in [0, 0.05) is 37.8 Å². The van der Waals surface area contributed by atoms with E-state index < -0.39 is 0 Å². The first-order chi connectivity index (χ1) is 16.1. The van der Waals surface area contributed by atoms with Crippen LogP contribution in [0.1, 0.15) is 86.8 Å². The van der Waals surface area contributed by atoms with Crippen molar-refractivity contribution < 1.29 is 14.0 Å². The van der Waals surface area contributed by atoms with Crippen molar-refractivity contribution in [1.82, 2.24) is 9.80 Å². The standard InChI is InChI=1S/C28H36N2O3/c1-3-5-8-13-24(31)29-16-15-23-22-17-21(12-6-4-2)33-26(22)27-28(23,19-29)18-20-11-9-7-10-14-25(32)30(20)27/h3-4,9,11,17,20,23,27H,1-2,5-8,10,12-16,18-19H2/b11-9-/t20-,23-,27?,28-/m1/s1. The predicted molar refractivity (Wildman–Crippen MR) is 129 cm³/mol. The number of carbonyl (C=O) groups excluding carboxylic acids is 2. The third-order valence-corrected chi connectivity index (χ3v) is 8.26. The summed E-state index contributed by atoms with van der Waals surface area (Å²) in [5.74, 6) is 2.79. The van der Waals surface area contributed by atoms with E-state index in [-0.39, 0.29) is 29.3 Å². The number of fused-ring (bicyclic) bond motifs is 5. The zero-order valence-electron chi connectivity index (χ0n) is 19.6. The third-order valence-electron chi connectivity index (χ3n) is 8.26. The first-order valence-corrected chi connectivity index (χ1v) is 12.7. The van der Waals surface area contributed by atoms with Crippen LogP contribution in [0.4, 0.5) is 0 Å². The van der Waals surface area contributed by atoms with Gasteiger partial charge in [-0.15, -0.1) is 13.2 Å². The molecular weight excluding hydrogens is 412 g/mol. The maximum Gasteiger partial charge on any atom is 0.223 e. The SMILES string of the molecule is C=CCCCC(=O)N1CC[C@@H]2c3cc(CCC=C)oc3C3N4C(=O)CCC/C=C\[C@@H]4C[C@]32C1. The quantitative estimate of drug-likeness (QED) is 0.412. The normalized spacial score (nSPS) is 31.2. The second kappa shape index (κ2) is 9.00. The van der Waals surface area contributed by atoms with E-state index in [1.54, 1.807) is 0 Å². The highest BCUT2D eigenvalue weighted by Gasteiger charge is 2.65. The van der Waals surface area contributed by atoms with E-state index in [1.165, 1.54) is 5.56 Å². The van der Waals surface area contributed by atoms with Gasteiger partial charge >= 0.3 is 0 Å². The highest BCUT2D eigenvalue weighted by atomic mass is 16.3. The number of allylic oxidation sites excluding steroid dienone is 3. The van der Waals surface area contributed by atoms with Crippen LogP contribution in [0.25, 0.3) is 0 Å². The molecule has 2 fully saturated rings.